The van der Waals surface area contributed by atoms with E-state index in [1.165, 1.54) is 6.07 Å². The molecule has 2 nitrogen and oxygen atoms in total. The second-order valence-corrected chi connectivity index (χ2v) is 3.50. The molecule has 0 aromatic heterocycles. The molecule has 78 valence electrons. The van der Waals surface area contributed by atoms with Crippen molar-refractivity contribution in [2.45, 2.75) is 19.8 Å². The highest BCUT2D eigenvalue weighted by Crippen LogP contribution is 2.29. The van der Waals surface area contributed by atoms with E-state index in [1.807, 2.05) is 19.9 Å². The van der Waals surface area contributed by atoms with Crippen molar-refractivity contribution in [2.24, 2.45) is 5.73 Å². The molecule has 0 amide bonds. The first-order valence-electron chi connectivity index (χ1n) is 4.64. The molecular formula is C11H16FNO. The Morgan fingerprint density at radius 1 is 1.50 bits per heavy atom. The summed E-state index contributed by atoms with van der Waals surface area (Å²) < 4.78 is 18.7. The molecule has 2 N–H and O–H groups in total. The maximum Gasteiger partial charge on any atom is 0.130 e. The van der Waals surface area contributed by atoms with Crippen LogP contribution in [0, 0.1) is 12.7 Å². The molecule has 0 heterocycles. The van der Waals surface area contributed by atoms with Gasteiger partial charge >= 0.3 is 0 Å². The molecule has 1 rings (SSSR count). The Kier molecular flexibility index (Phi) is 3.47. The maximum atomic E-state index is 13.6. The Morgan fingerprint density at radius 2 is 2.14 bits per heavy atom. The smallest absolute Gasteiger partial charge is 0.130 e. The largest absolute Gasteiger partial charge is 0.496 e. The summed E-state index contributed by atoms with van der Waals surface area (Å²) in [6.07, 6.45) is 0. The van der Waals surface area contributed by atoms with Crippen LogP contribution in [-0.2, 0) is 0 Å². The van der Waals surface area contributed by atoms with Crippen LogP contribution in [0.5, 0.6) is 5.75 Å². The fourth-order valence-corrected chi connectivity index (χ4v) is 1.49. The third kappa shape index (κ3) is 2.04. The Morgan fingerprint density at radius 3 is 2.64 bits per heavy atom. The van der Waals surface area contributed by atoms with E-state index in [-0.39, 0.29) is 11.7 Å². The lowest BCUT2D eigenvalue weighted by molar-refractivity contribution is 0.400. The fourth-order valence-electron chi connectivity index (χ4n) is 1.49. The molecule has 0 aliphatic carbocycles. The van der Waals surface area contributed by atoms with E-state index < -0.39 is 0 Å². The van der Waals surface area contributed by atoms with Crippen LogP contribution in [0.2, 0.25) is 0 Å². The van der Waals surface area contributed by atoms with Crippen molar-refractivity contribution in [3.63, 3.8) is 0 Å². The molecule has 0 radical (unpaired) electrons. The number of aryl methyl sites for hydroxylation is 1. The molecule has 0 bridgehead atoms. The second-order valence-electron chi connectivity index (χ2n) is 3.50. The average Bonchev–Trinajstić information content (AvgIpc) is 2.15. The van der Waals surface area contributed by atoms with Crippen LogP contribution in [-0.4, -0.2) is 13.7 Å². The van der Waals surface area contributed by atoms with E-state index in [2.05, 4.69) is 0 Å². The predicted molar refractivity (Wildman–Crippen MR) is 55.2 cm³/mol. The van der Waals surface area contributed by atoms with E-state index >= 15 is 0 Å². The molecule has 1 unspecified atom stereocenters. The van der Waals surface area contributed by atoms with Crippen LogP contribution in [0.25, 0.3) is 0 Å². The first-order chi connectivity index (χ1) is 6.60. The average molecular weight is 197 g/mol. The number of benzene rings is 1. The summed E-state index contributed by atoms with van der Waals surface area (Å²) in [4.78, 5) is 0. The van der Waals surface area contributed by atoms with Gasteiger partial charge in [0.25, 0.3) is 0 Å². The third-order valence-electron chi connectivity index (χ3n) is 2.30. The van der Waals surface area contributed by atoms with Crippen LogP contribution < -0.4 is 10.5 Å². The first kappa shape index (κ1) is 11.0. The highest BCUT2D eigenvalue weighted by molar-refractivity contribution is 5.40. The minimum absolute atomic E-state index is 0.0226. The molecule has 1 atom stereocenters. The molecule has 0 saturated carbocycles. The maximum absolute atomic E-state index is 13.6. The molecule has 0 saturated heterocycles. The summed E-state index contributed by atoms with van der Waals surface area (Å²) >= 11 is 0. The van der Waals surface area contributed by atoms with Gasteiger partial charge in [-0.15, -0.1) is 0 Å². The normalized spacial score (nSPS) is 12.6. The van der Waals surface area contributed by atoms with E-state index in [4.69, 9.17) is 10.5 Å². The monoisotopic (exact) mass is 197 g/mol. The van der Waals surface area contributed by atoms with Gasteiger partial charge < -0.3 is 10.5 Å². The zero-order valence-electron chi connectivity index (χ0n) is 8.80. The zero-order chi connectivity index (χ0) is 10.7. The quantitative estimate of drug-likeness (QED) is 0.806. The van der Waals surface area contributed by atoms with Crippen LogP contribution in [0.3, 0.4) is 0 Å². The molecule has 0 aliphatic heterocycles. The van der Waals surface area contributed by atoms with E-state index in [9.17, 15) is 4.39 Å². The minimum Gasteiger partial charge on any atom is -0.496 e. The van der Waals surface area contributed by atoms with Gasteiger partial charge in [-0.05, 0) is 37.1 Å². The third-order valence-corrected chi connectivity index (χ3v) is 2.30. The molecule has 0 spiro atoms. The lowest BCUT2D eigenvalue weighted by atomic mass is 9.98. The number of ether oxygens (including phenoxy) is 1. The van der Waals surface area contributed by atoms with Crippen molar-refractivity contribution >= 4 is 0 Å². The molecular weight excluding hydrogens is 181 g/mol. The van der Waals surface area contributed by atoms with Crippen molar-refractivity contribution < 1.29 is 9.13 Å². The van der Waals surface area contributed by atoms with Crippen molar-refractivity contribution in [2.75, 3.05) is 13.7 Å². The number of nitrogens with two attached hydrogens (primary N) is 1. The van der Waals surface area contributed by atoms with Crippen molar-refractivity contribution in [3.8, 4) is 5.75 Å². The number of rotatable bonds is 3. The summed E-state index contributed by atoms with van der Waals surface area (Å²) in [7, 11) is 1.54. The molecule has 0 fully saturated rings. The Balaban J connectivity index is 3.24. The molecule has 1 aromatic rings. The summed E-state index contributed by atoms with van der Waals surface area (Å²) in [5, 5.41) is 0. The van der Waals surface area contributed by atoms with Gasteiger partial charge in [0.05, 0.1) is 7.11 Å². The van der Waals surface area contributed by atoms with Crippen LogP contribution in [0.1, 0.15) is 24.0 Å². The first-order valence-corrected chi connectivity index (χ1v) is 4.64. The van der Waals surface area contributed by atoms with Gasteiger partial charge in [0, 0.05) is 5.56 Å². The van der Waals surface area contributed by atoms with Crippen LogP contribution in [0.15, 0.2) is 12.1 Å². The van der Waals surface area contributed by atoms with Gasteiger partial charge in [-0.3, -0.25) is 0 Å². The second kappa shape index (κ2) is 4.42. The van der Waals surface area contributed by atoms with Gasteiger partial charge in [0.1, 0.15) is 11.6 Å². The minimum atomic E-state index is -0.236. The number of halogens is 1. The number of hydrogen-bond acceptors (Lipinski definition) is 2. The van der Waals surface area contributed by atoms with E-state index in [0.29, 0.717) is 17.9 Å². The fraction of sp³-hybridized carbons (Fsp3) is 0.455. The van der Waals surface area contributed by atoms with Crippen molar-refractivity contribution in [3.05, 3.63) is 29.1 Å². The lowest BCUT2D eigenvalue weighted by Crippen LogP contribution is -2.12. The predicted octanol–water partition coefficient (Wildman–Crippen LogP) is 2.20. The van der Waals surface area contributed by atoms with Crippen molar-refractivity contribution in [1.29, 1.82) is 0 Å². The Labute approximate surface area is 83.9 Å². The number of hydrogen-bond donors (Lipinski definition) is 1. The van der Waals surface area contributed by atoms with Gasteiger partial charge in [0.15, 0.2) is 0 Å². The highest BCUT2D eigenvalue weighted by atomic mass is 19.1. The molecule has 0 aliphatic rings. The standard InChI is InChI=1S/C11H16FNO/c1-7-4-9(12)11(8(2)6-13)10(5-7)14-3/h4-5,8H,6,13H2,1-3H3. The topological polar surface area (TPSA) is 35.2 Å². The van der Waals surface area contributed by atoms with Crippen molar-refractivity contribution in [1.82, 2.24) is 0 Å². The summed E-state index contributed by atoms with van der Waals surface area (Å²) in [5.41, 5.74) is 6.94. The summed E-state index contributed by atoms with van der Waals surface area (Å²) in [6.45, 7) is 4.13. The highest BCUT2D eigenvalue weighted by Gasteiger charge is 2.15. The van der Waals surface area contributed by atoms with Gasteiger partial charge in [0.2, 0.25) is 0 Å². The van der Waals surface area contributed by atoms with E-state index in [1.54, 1.807) is 7.11 Å². The summed E-state index contributed by atoms with van der Waals surface area (Å²) in [6, 6.07) is 3.33. The zero-order valence-corrected chi connectivity index (χ0v) is 8.80. The molecule has 1 aromatic carbocycles. The molecule has 3 heteroatoms. The van der Waals surface area contributed by atoms with Gasteiger partial charge in [-0.1, -0.05) is 6.92 Å². The van der Waals surface area contributed by atoms with E-state index in [0.717, 1.165) is 5.56 Å². The Hall–Kier alpha value is -1.09. The Bertz CT molecular complexity index is 325. The lowest BCUT2D eigenvalue weighted by Gasteiger charge is -2.15. The van der Waals surface area contributed by atoms with Gasteiger partial charge in [-0.25, -0.2) is 4.39 Å². The summed E-state index contributed by atoms with van der Waals surface area (Å²) in [5.74, 6) is 0.325. The number of methoxy groups -OCH3 is 1. The van der Waals surface area contributed by atoms with Crippen LogP contribution >= 0.6 is 0 Å². The molecule has 14 heavy (non-hydrogen) atoms. The van der Waals surface area contributed by atoms with Gasteiger partial charge in [-0.2, -0.15) is 0 Å². The van der Waals surface area contributed by atoms with Crippen LogP contribution in [0.4, 0.5) is 4.39 Å². The SMILES string of the molecule is COc1cc(C)cc(F)c1C(C)CN.